The van der Waals surface area contributed by atoms with E-state index in [2.05, 4.69) is 28.9 Å². The maximum atomic E-state index is 3.47. The minimum atomic E-state index is 0.919. The molecule has 0 radical (unpaired) electrons. The predicted octanol–water partition coefficient (Wildman–Crippen LogP) is 3.13. The van der Waals surface area contributed by atoms with Crippen molar-refractivity contribution in [3.05, 3.63) is 11.6 Å². The van der Waals surface area contributed by atoms with Gasteiger partial charge in [-0.05, 0) is 25.2 Å². The smallest absolute Gasteiger partial charge is 0.0241 e. The van der Waals surface area contributed by atoms with Gasteiger partial charge in [0.25, 0.3) is 0 Å². The second-order valence-electron chi connectivity index (χ2n) is 2.88. The molecule has 52 valence electrons. The molecule has 0 aromatic rings. The molecule has 1 unspecified atom stereocenters. The average molecular weight is 189 g/mol. The van der Waals surface area contributed by atoms with Gasteiger partial charge in [0.15, 0.2) is 0 Å². The van der Waals surface area contributed by atoms with Gasteiger partial charge in [0.05, 0.1) is 0 Å². The number of rotatable bonds is 1. The molecular weight excluding hydrogens is 176 g/mol. The first-order valence-electron chi connectivity index (χ1n) is 3.57. The van der Waals surface area contributed by atoms with Gasteiger partial charge in [-0.1, -0.05) is 34.5 Å². The number of alkyl halides is 1. The Kier molecular flexibility index (Phi) is 2.77. The van der Waals surface area contributed by atoms with E-state index in [1.807, 2.05) is 0 Å². The van der Waals surface area contributed by atoms with Crippen LogP contribution in [0.5, 0.6) is 0 Å². The molecule has 0 nitrogen and oxygen atoms in total. The number of hydrogen-bond donors (Lipinski definition) is 0. The molecule has 9 heavy (non-hydrogen) atoms. The highest BCUT2D eigenvalue weighted by Crippen LogP contribution is 2.23. The summed E-state index contributed by atoms with van der Waals surface area (Å²) >= 11 is 3.47. The van der Waals surface area contributed by atoms with Gasteiger partial charge < -0.3 is 0 Å². The van der Waals surface area contributed by atoms with Crippen molar-refractivity contribution in [2.24, 2.45) is 5.92 Å². The molecule has 1 atom stereocenters. The first-order valence-corrected chi connectivity index (χ1v) is 4.69. The van der Waals surface area contributed by atoms with Gasteiger partial charge in [-0.2, -0.15) is 0 Å². The largest absolute Gasteiger partial charge is 0.0880 e. The molecule has 0 spiro atoms. The zero-order valence-electron chi connectivity index (χ0n) is 5.86. The van der Waals surface area contributed by atoms with Gasteiger partial charge in [0, 0.05) is 5.33 Å². The third-order valence-electron chi connectivity index (χ3n) is 1.87. The summed E-state index contributed by atoms with van der Waals surface area (Å²) in [7, 11) is 0. The quantitative estimate of drug-likeness (QED) is 0.439. The number of halogens is 1. The molecule has 1 rings (SSSR count). The summed E-state index contributed by atoms with van der Waals surface area (Å²) < 4.78 is 0. The van der Waals surface area contributed by atoms with E-state index in [0.717, 1.165) is 11.2 Å². The molecule has 0 aliphatic heterocycles. The molecule has 0 heterocycles. The SMILES string of the molecule is CC1CCC=C(CBr)C1. The molecule has 1 aliphatic rings. The van der Waals surface area contributed by atoms with Gasteiger partial charge in [-0.3, -0.25) is 0 Å². The summed E-state index contributed by atoms with van der Waals surface area (Å²) in [6, 6.07) is 0. The topological polar surface area (TPSA) is 0 Å². The Morgan fingerprint density at radius 1 is 1.78 bits per heavy atom. The molecule has 0 bridgehead atoms. The van der Waals surface area contributed by atoms with E-state index < -0.39 is 0 Å². The molecule has 0 saturated heterocycles. The Labute approximate surface area is 65.5 Å². The molecule has 1 heteroatoms. The van der Waals surface area contributed by atoms with Crippen LogP contribution in [0.25, 0.3) is 0 Å². The van der Waals surface area contributed by atoms with Gasteiger partial charge in [-0.25, -0.2) is 0 Å². The lowest BCUT2D eigenvalue weighted by Gasteiger charge is -2.16. The van der Waals surface area contributed by atoms with Crippen molar-refractivity contribution in [3.63, 3.8) is 0 Å². The standard InChI is InChI=1S/C8H13Br/c1-7-3-2-4-8(5-7)6-9/h4,7H,2-3,5-6H2,1H3. The van der Waals surface area contributed by atoms with Gasteiger partial charge in [0.1, 0.15) is 0 Å². The van der Waals surface area contributed by atoms with Crippen molar-refractivity contribution in [3.8, 4) is 0 Å². The molecule has 0 fully saturated rings. The lowest BCUT2D eigenvalue weighted by atomic mass is 9.91. The van der Waals surface area contributed by atoms with Crippen LogP contribution < -0.4 is 0 Å². The highest BCUT2D eigenvalue weighted by atomic mass is 79.9. The van der Waals surface area contributed by atoms with E-state index in [4.69, 9.17) is 0 Å². The van der Waals surface area contributed by atoms with E-state index in [1.54, 1.807) is 5.57 Å². The second kappa shape index (κ2) is 3.40. The van der Waals surface area contributed by atoms with Crippen LogP contribution in [0.3, 0.4) is 0 Å². The Morgan fingerprint density at radius 2 is 2.56 bits per heavy atom. The lowest BCUT2D eigenvalue weighted by molar-refractivity contribution is 0.511. The van der Waals surface area contributed by atoms with Gasteiger partial charge >= 0.3 is 0 Å². The summed E-state index contributed by atoms with van der Waals surface area (Å²) in [4.78, 5) is 0. The molecule has 0 N–H and O–H groups in total. The first-order chi connectivity index (χ1) is 4.33. The minimum absolute atomic E-state index is 0.919. The molecule has 0 aromatic heterocycles. The summed E-state index contributed by atoms with van der Waals surface area (Å²) in [5.41, 5.74) is 1.59. The number of allylic oxidation sites excluding steroid dienone is 2. The Balaban J connectivity index is 2.43. The van der Waals surface area contributed by atoms with Gasteiger partial charge in [-0.15, -0.1) is 0 Å². The van der Waals surface area contributed by atoms with Crippen LogP contribution in [0.15, 0.2) is 11.6 Å². The van der Waals surface area contributed by atoms with Crippen molar-refractivity contribution >= 4 is 15.9 Å². The molecule has 0 aromatic carbocycles. The third-order valence-corrected chi connectivity index (χ3v) is 2.60. The first kappa shape index (κ1) is 7.33. The lowest BCUT2D eigenvalue weighted by Crippen LogP contribution is -2.02. The normalized spacial score (nSPS) is 27.8. The van der Waals surface area contributed by atoms with Crippen molar-refractivity contribution in [2.45, 2.75) is 26.2 Å². The summed E-state index contributed by atoms with van der Waals surface area (Å²) in [5, 5.41) is 1.08. The summed E-state index contributed by atoms with van der Waals surface area (Å²) in [5.74, 6) is 0.919. The van der Waals surface area contributed by atoms with Crippen molar-refractivity contribution in [2.75, 3.05) is 5.33 Å². The molecular formula is C8H13Br. The molecule has 0 amide bonds. The fourth-order valence-corrected chi connectivity index (χ4v) is 1.77. The van der Waals surface area contributed by atoms with Crippen LogP contribution in [-0.2, 0) is 0 Å². The molecule has 1 aliphatic carbocycles. The van der Waals surface area contributed by atoms with Crippen LogP contribution in [0.2, 0.25) is 0 Å². The summed E-state index contributed by atoms with van der Waals surface area (Å²) in [6.45, 7) is 2.33. The number of hydrogen-bond acceptors (Lipinski definition) is 0. The van der Waals surface area contributed by atoms with Crippen molar-refractivity contribution < 1.29 is 0 Å². The van der Waals surface area contributed by atoms with Crippen LogP contribution >= 0.6 is 15.9 Å². The highest BCUT2D eigenvalue weighted by Gasteiger charge is 2.08. The zero-order valence-corrected chi connectivity index (χ0v) is 7.45. The minimum Gasteiger partial charge on any atom is -0.0880 e. The Hall–Kier alpha value is 0.220. The Bertz CT molecular complexity index is 116. The van der Waals surface area contributed by atoms with E-state index in [0.29, 0.717) is 0 Å². The summed E-state index contributed by atoms with van der Waals surface area (Å²) in [6.07, 6.45) is 6.36. The van der Waals surface area contributed by atoms with Crippen molar-refractivity contribution in [1.82, 2.24) is 0 Å². The van der Waals surface area contributed by atoms with Gasteiger partial charge in [0.2, 0.25) is 0 Å². The van der Waals surface area contributed by atoms with Crippen LogP contribution in [0, 0.1) is 5.92 Å². The van der Waals surface area contributed by atoms with E-state index in [1.165, 1.54) is 19.3 Å². The molecule has 0 saturated carbocycles. The zero-order chi connectivity index (χ0) is 6.69. The van der Waals surface area contributed by atoms with E-state index >= 15 is 0 Å². The van der Waals surface area contributed by atoms with Crippen LogP contribution in [0.4, 0.5) is 0 Å². The third kappa shape index (κ3) is 2.13. The average Bonchev–Trinajstić information content (AvgIpc) is 1.88. The fourth-order valence-electron chi connectivity index (χ4n) is 1.31. The van der Waals surface area contributed by atoms with Crippen molar-refractivity contribution in [1.29, 1.82) is 0 Å². The predicted molar refractivity (Wildman–Crippen MR) is 44.9 cm³/mol. The van der Waals surface area contributed by atoms with Crippen LogP contribution in [-0.4, -0.2) is 5.33 Å². The van der Waals surface area contributed by atoms with E-state index in [9.17, 15) is 0 Å². The van der Waals surface area contributed by atoms with E-state index in [-0.39, 0.29) is 0 Å². The fraction of sp³-hybridized carbons (Fsp3) is 0.750. The monoisotopic (exact) mass is 188 g/mol. The highest BCUT2D eigenvalue weighted by molar-refractivity contribution is 9.09. The van der Waals surface area contributed by atoms with Crippen LogP contribution in [0.1, 0.15) is 26.2 Å². The second-order valence-corrected chi connectivity index (χ2v) is 3.44. The Morgan fingerprint density at radius 3 is 3.00 bits per heavy atom. The maximum absolute atomic E-state index is 3.47. The maximum Gasteiger partial charge on any atom is 0.0241 e.